The van der Waals surface area contributed by atoms with E-state index >= 15 is 0 Å². The average molecular weight is 398 g/mol. The van der Waals surface area contributed by atoms with Gasteiger partial charge in [-0.15, -0.1) is 0 Å². The van der Waals surface area contributed by atoms with Crippen LogP contribution in [0.5, 0.6) is 0 Å². The number of aliphatic hydroxyl groups excluding tert-OH is 2. The predicted octanol–water partition coefficient (Wildman–Crippen LogP) is 2.98. The molecule has 0 radical (unpaired) electrons. The predicted molar refractivity (Wildman–Crippen MR) is 110 cm³/mol. The quantitative estimate of drug-likeness (QED) is 0.751. The van der Waals surface area contributed by atoms with Crippen LogP contribution in [-0.4, -0.2) is 46.2 Å². The highest BCUT2D eigenvalue weighted by Crippen LogP contribution is 2.69. The number of ether oxygens (including phenoxy) is 1. The van der Waals surface area contributed by atoms with Gasteiger partial charge < -0.3 is 14.9 Å². The third-order valence-electron chi connectivity index (χ3n) is 9.00. The Hall–Kier alpha value is -1.72. The van der Waals surface area contributed by atoms with Gasteiger partial charge in [-0.25, -0.2) is 4.99 Å². The molecule has 0 aromatic carbocycles. The number of aliphatic imine (C=N–C) groups is 1. The minimum atomic E-state index is -1.07. The first kappa shape index (κ1) is 19.3. The number of fused-ring (bicyclic) bond motifs is 7. The normalized spacial score (nSPS) is 50.0. The Labute approximate surface area is 172 Å². The van der Waals surface area contributed by atoms with E-state index < -0.39 is 23.7 Å². The monoisotopic (exact) mass is 397 g/mol. The summed E-state index contributed by atoms with van der Waals surface area (Å²) < 4.78 is 6.03. The summed E-state index contributed by atoms with van der Waals surface area (Å²) in [5.74, 6) is 0.865. The topological polar surface area (TPSA) is 79.1 Å². The van der Waals surface area contributed by atoms with Gasteiger partial charge in [0.15, 0.2) is 17.2 Å². The van der Waals surface area contributed by atoms with Crippen LogP contribution in [0.15, 0.2) is 40.9 Å². The first-order valence-electron chi connectivity index (χ1n) is 10.8. The van der Waals surface area contributed by atoms with Crippen molar-refractivity contribution in [3.05, 3.63) is 36.0 Å². The van der Waals surface area contributed by atoms with Crippen molar-refractivity contribution in [2.24, 2.45) is 33.6 Å². The standard InChI is InChI=1S/C24H31NO4/c1-13-7-8-22(3)15(9-13)5-6-16-17-10-20-24(19(28)12-26,25-14(2)29-20)23(17,4)11-18(27)21(16)22/h7-9,16-18,20-21,26-27H,1,5-6,10-12H2,2-4H3/t16-,17-,18-,20+,21+,22-,23-,24?/m0/s1. The Morgan fingerprint density at radius 1 is 1.41 bits per heavy atom. The number of aliphatic hydroxyl groups is 2. The number of rotatable bonds is 2. The van der Waals surface area contributed by atoms with E-state index in [1.807, 2.05) is 0 Å². The van der Waals surface area contributed by atoms with Gasteiger partial charge in [0.1, 0.15) is 12.7 Å². The molecule has 5 heteroatoms. The maximum atomic E-state index is 13.1. The van der Waals surface area contributed by atoms with Gasteiger partial charge in [0.2, 0.25) is 0 Å². The molecule has 3 fully saturated rings. The zero-order valence-electron chi connectivity index (χ0n) is 17.5. The number of hydrogen-bond donors (Lipinski definition) is 2. The second-order valence-electron chi connectivity index (χ2n) is 10.2. The van der Waals surface area contributed by atoms with E-state index in [-0.39, 0.29) is 35.1 Å². The number of allylic oxidation sites excluding steroid dienone is 5. The van der Waals surface area contributed by atoms with Crippen LogP contribution in [0.4, 0.5) is 0 Å². The summed E-state index contributed by atoms with van der Waals surface area (Å²) in [7, 11) is 0. The fraction of sp³-hybridized carbons (Fsp3) is 0.667. The first-order chi connectivity index (χ1) is 13.7. The summed E-state index contributed by atoms with van der Waals surface area (Å²) in [6.07, 6.45) is 8.84. The van der Waals surface area contributed by atoms with Crippen molar-refractivity contribution in [1.82, 2.24) is 0 Å². The van der Waals surface area contributed by atoms with Crippen LogP contribution >= 0.6 is 0 Å². The van der Waals surface area contributed by atoms with Crippen molar-refractivity contribution in [1.29, 1.82) is 0 Å². The molecule has 29 heavy (non-hydrogen) atoms. The largest absolute Gasteiger partial charge is 0.475 e. The zero-order valence-corrected chi connectivity index (χ0v) is 17.5. The van der Waals surface area contributed by atoms with Crippen LogP contribution in [0.3, 0.4) is 0 Å². The molecule has 0 aromatic rings. The Morgan fingerprint density at radius 3 is 2.90 bits per heavy atom. The number of Topliss-reactive ketones (excluding diaryl/α,β-unsaturated/α-hetero) is 1. The molecule has 1 heterocycles. The van der Waals surface area contributed by atoms with Gasteiger partial charge in [-0.05, 0) is 43.1 Å². The minimum Gasteiger partial charge on any atom is -0.475 e. The smallest absolute Gasteiger partial charge is 0.190 e. The van der Waals surface area contributed by atoms with Crippen molar-refractivity contribution in [2.45, 2.75) is 64.2 Å². The van der Waals surface area contributed by atoms with Gasteiger partial charge in [-0.2, -0.15) is 0 Å². The molecule has 0 bridgehead atoms. The van der Waals surface area contributed by atoms with Crippen molar-refractivity contribution in [3.8, 4) is 0 Å². The Balaban J connectivity index is 1.61. The molecule has 8 atom stereocenters. The molecule has 0 aromatic heterocycles. The molecule has 156 valence electrons. The lowest BCUT2D eigenvalue weighted by molar-refractivity contribution is -0.145. The summed E-state index contributed by atoms with van der Waals surface area (Å²) in [6.45, 7) is 9.67. The van der Waals surface area contributed by atoms with Gasteiger partial charge in [0.05, 0.1) is 6.10 Å². The highest BCUT2D eigenvalue weighted by molar-refractivity contribution is 5.96. The van der Waals surface area contributed by atoms with Crippen molar-refractivity contribution in [3.63, 3.8) is 0 Å². The number of hydrogen-bond acceptors (Lipinski definition) is 5. The number of carbonyl (C=O) groups is 1. The average Bonchev–Trinajstić information content (AvgIpc) is 3.12. The third kappa shape index (κ3) is 2.18. The SMILES string of the molecule is C=C1C=C[C@@]2(C)C(=C1)CC[C@@H]1[C@@H]2[C@@H](O)C[C@@]2(C)[C@H]1C[C@H]1OC(C)=NC12C(=O)CO. The Bertz CT molecular complexity index is 887. The number of ketones is 1. The fourth-order valence-corrected chi connectivity index (χ4v) is 7.89. The molecule has 1 unspecified atom stereocenters. The summed E-state index contributed by atoms with van der Waals surface area (Å²) in [5.41, 5.74) is 0.605. The minimum absolute atomic E-state index is 0.107. The molecule has 5 nitrogen and oxygen atoms in total. The molecule has 5 aliphatic rings. The molecule has 3 saturated carbocycles. The maximum absolute atomic E-state index is 13.1. The van der Waals surface area contributed by atoms with Gasteiger partial charge in [-0.3, -0.25) is 4.79 Å². The molecule has 4 aliphatic carbocycles. The lowest BCUT2D eigenvalue weighted by Crippen LogP contribution is -2.62. The van der Waals surface area contributed by atoms with Gasteiger partial charge in [0, 0.05) is 23.7 Å². The van der Waals surface area contributed by atoms with Crippen molar-refractivity contribution in [2.75, 3.05) is 6.61 Å². The van der Waals surface area contributed by atoms with Crippen LogP contribution in [0.2, 0.25) is 0 Å². The van der Waals surface area contributed by atoms with E-state index in [9.17, 15) is 15.0 Å². The zero-order chi connectivity index (χ0) is 20.8. The van der Waals surface area contributed by atoms with Crippen molar-refractivity contribution >= 4 is 11.7 Å². The molecular formula is C24H31NO4. The van der Waals surface area contributed by atoms with Crippen LogP contribution < -0.4 is 0 Å². The van der Waals surface area contributed by atoms with E-state index in [0.717, 1.165) is 24.8 Å². The van der Waals surface area contributed by atoms with Crippen LogP contribution in [0.1, 0.15) is 46.5 Å². The lowest BCUT2D eigenvalue weighted by atomic mass is 9.46. The highest BCUT2D eigenvalue weighted by Gasteiger charge is 2.74. The summed E-state index contributed by atoms with van der Waals surface area (Å²) in [4.78, 5) is 17.8. The number of nitrogens with zero attached hydrogens (tertiary/aromatic N) is 1. The van der Waals surface area contributed by atoms with Crippen molar-refractivity contribution < 1.29 is 19.7 Å². The lowest BCUT2D eigenvalue weighted by Gasteiger charge is -2.59. The molecule has 0 amide bonds. The fourth-order valence-electron chi connectivity index (χ4n) is 7.89. The van der Waals surface area contributed by atoms with Gasteiger partial charge in [-0.1, -0.05) is 44.2 Å². The molecular weight excluding hydrogens is 366 g/mol. The molecule has 0 spiro atoms. The summed E-state index contributed by atoms with van der Waals surface area (Å²) >= 11 is 0. The van der Waals surface area contributed by atoms with E-state index in [1.165, 1.54) is 5.57 Å². The Morgan fingerprint density at radius 2 is 2.17 bits per heavy atom. The van der Waals surface area contributed by atoms with Crippen LogP contribution in [-0.2, 0) is 9.53 Å². The van der Waals surface area contributed by atoms with Crippen LogP contribution in [0.25, 0.3) is 0 Å². The second kappa shape index (κ2) is 5.92. The second-order valence-corrected chi connectivity index (χ2v) is 10.2. The van der Waals surface area contributed by atoms with E-state index in [4.69, 9.17) is 9.73 Å². The van der Waals surface area contributed by atoms with Crippen LogP contribution in [0, 0.1) is 28.6 Å². The molecule has 0 saturated heterocycles. The van der Waals surface area contributed by atoms with E-state index in [1.54, 1.807) is 6.92 Å². The third-order valence-corrected chi connectivity index (χ3v) is 9.00. The number of carbonyl (C=O) groups excluding carboxylic acids is 1. The molecule has 5 rings (SSSR count). The summed E-state index contributed by atoms with van der Waals surface area (Å²) in [5, 5.41) is 21.3. The van der Waals surface area contributed by atoms with Gasteiger partial charge >= 0.3 is 0 Å². The Kier molecular flexibility index (Phi) is 3.93. The van der Waals surface area contributed by atoms with Gasteiger partial charge in [0.25, 0.3) is 0 Å². The summed E-state index contributed by atoms with van der Waals surface area (Å²) in [6, 6.07) is 0. The van der Waals surface area contributed by atoms with E-state index in [0.29, 0.717) is 12.3 Å². The first-order valence-corrected chi connectivity index (χ1v) is 10.8. The highest BCUT2D eigenvalue weighted by atomic mass is 16.5. The molecule has 2 N–H and O–H groups in total. The molecule has 1 aliphatic heterocycles. The van der Waals surface area contributed by atoms with E-state index in [2.05, 4.69) is 38.7 Å². The maximum Gasteiger partial charge on any atom is 0.190 e.